The molecule has 104 valence electrons. The topological polar surface area (TPSA) is 55.1 Å². The smallest absolute Gasteiger partial charge is 0.250 e. The van der Waals surface area contributed by atoms with Gasteiger partial charge in [-0.05, 0) is 35.8 Å². The highest BCUT2D eigenvalue weighted by Gasteiger charge is 2.28. The number of halogens is 1. The van der Waals surface area contributed by atoms with Crippen molar-refractivity contribution < 1.29 is 4.79 Å². The summed E-state index contributed by atoms with van der Waals surface area (Å²) in [6, 6.07) is 5.75. The number of thioether (sulfide) groups is 1. The minimum absolute atomic E-state index is 0.347. The van der Waals surface area contributed by atoms with Crippen LogP contribution in [0.15, 0.2) is 18.2 Å². The molecule has 0 aliphatic carbocycles. The second-order valence-corrected chi connectivity index (χ2v) is 7.22. The van der Waals surface area contributed by atoms with E-state index in [1.54, 1.807) is 12.1 Å². The van der Waals surface area contributed by atoms with Gasteiger partial charge in [0.05, 0.1) is 10.6 Å². The highest BCUT2D eigenvalue weighted by Crippen LogP contribution is 2.35. The van der Waals surface area contributed by atoms with Crippen molar-refractivity contribution in [2.45, 2.75) is 26.3 Å². The quantitative estimate of drug-likeness (QED) is 0.899. The standard InChI is InChI=1S/C14H19ClN2OS/c1-14(2)6-10(7-19-8-14)17-9-3-4-12(15)11(5-9)13(16)18/h3-5,10,17H,6-8H2,1-2H3,(H2,16,18). The molecular formula is C14H19ClN2OS. The first-order valence-corrected chi connectivity index (χ1v) is 7.84. The van der Waals surface area contributed by atoms with Gasteiger partial charge >= 0.3 is 0 Å². The van der Waals surface area contributed by atoms with Crippen molar-refractivity contribution in [1.82, 2.24) is 0 Å². The Morgan fingerprint density at radius 3 is 2.89 bits per heavy atom. The summed E-state index contributed by atoms with van der Waals surface area (Å²) < 4.78 is 0. The average molecular weight is 299 g/mol. The van der Waals surface area contributed by atoms with Crippen LogP contribution in [0.3, 0.4) is 0 Å². The van der Waals surface area contributed by atoms with E-state index in [4.69, 9.17) is 17.3 Å². The van der Waals surface area contributed by atoms with Crippen molar-refractivity contribution in [3.8, 4) is 0 Å². The van der Waals surface area contributed by atoms with Gasteiger partial charge in [0.25, 0.3) is 0 Å². The Hall–Kier alpha value is -0.870. The summed E-state index contributed by atoms with van der Waals surface area (Å²) in [7, 11) is 0. The second-order valence-electron chi connectivity index (χ2n) is 5.78. The number of amides is 1. The van der Waals surface area contributed by atoms with E-state index < -0.39 is 5.91 Å². The second kappa shape index (κ2) is 5.63. The molecule has 0 radical (unpaired) electrons. The molecule has 1 saturated heterocycles. The van der Waals surface area contributed by atoms with Crippen molar-refractivity contribution >= 4 is 35.0 Å². The molecule has 1 aliphatic rings. The minimum Gasteiger partial charge on any atom is -0.381 e. The molecule has 1 fully saturated rings. The maximum Gasteiger partial charge on any atom is 0.250 e. The van der Waals surface area contributed by atoms with E-state index in [1.165, 1.54) is 5.75 Å². The number of nitrogens with two attached hydrogens (primary N) is 1. The van der Waals surface area contributed by atoms with Gasteiger partial charge in [0.1, 0.15) is 0 Å². The van der Waals surface area contributed by atoms with E-state index >= 15 is 0 Å². The lowest BCUT2D eigenvalue weighted by Gasteiger charge is -2.35. The lowest BCUT2D eigenvalue weighted by molar-refractivity contribution is 0.100. The molecule has 2 rings (SSSR count). The van der Waals surface area contributed by atoms with E-state index in [1.807, 2.05) is 17.8 Å². The van der Waals surface area contributed by atoms with Gasteiger partial charge in [-0.1, -0.05) is 25.4 Å². The van der Waals surface area contributed by atoms with Crippen LogP contribution in [0.1, 0.15) is 30.6 Å². The summed E-state index contributed by atoms with van der Waals surface area (Å²) in [5, 5.41) is 3.87. The van der Waals surface area contributed by atoms with Gasteiger partial charge in [-0.15, -0.1) is 0 Å². The number of hydrogen-bond donors (Lipinski definition) is 2. The molecule has 0 bridgehead atoms. The number of hydrogen-bond acceptors (Lipinski definition) is 3. The van der Waals surface area contributed by atoms with Crippen LogP contribution in [0.4, 0.5) is 5.69 Å². The lowest BCUT2D eigenvalue weighted by Crippen LogP contribution is -2.35. The van der Waals surface area contributed by atoms with Gasteiger partial charge in [0, 0.05) is 17.5 Å². The van der Waals surface area contributed by atoms with Crippen molar-refractivity contribution in [3.05, 3.63) is 28.8 Å². The van der Waals surface area contributed by atoms with Crippen LogP contribution in [0.25, 0.3) is 0 Å². The van der Waals surface area contributed by atoms with Crippen LogP contribution in [0.5, 0.6) is 0 Å². The van der Waals surface area contributed by atoms with E-state index in [9.17, 15) is 4.79 Å². The number of carbonyl (C=O) groups is 1. The van der Waals surface area contributed by atoms with Gasteiger partial charge in [0.15, 0.2) is 0 Å². The normalized spacial score (nSPS) is 21.9. The molecule has 0 saturated carbocycles. The van der Waals surface area contributed by atoms with E-state index in [-0.39, 0.29) is 0 Å². The summed E-state index contributed by atoms with van der Waals surface area (Å²) in [6.45, 7) is 4.56. The maximum absolute atomic E-state index is 11.3. The van der Waals surface area contributed by atoms with Crippen molar-refractivity contribution in [1.29, 1.82) is 0 Å². The molecule has 1 aromatic carbocycles. The fraction of sp³-hybridized carbons (Fsp3) is 0.500. The third kappa shape index (κ3) is 3.80. The predicted molar refractivity (Wildman–Crippen MR) is 83.1 cm³/mol. The number of carbonyl (C=O) groups excluding carboxylic acids is 1. The molecule has 3 nitrogen and oxygen atoms in total. The van der Waals surface area contributed by atoms with E-state index in [0.717, 1.165) is 17.9 Å². The van der Waals surface area contributed by atoms with Crippen LogP contribution < -0.4 is 11.1 Å². The average Bonchev–Trinajstić information content (AvgIpc) is 2.30. The van der Waals surface area contributed by atoms with Crippen LogP contribution in [0, 0.1) is 5.41 Å². The molecule has 0 aromatic heterocycles. The zero-order chi connectivity index (χ0) is 14.0. The summed E-state index contributed by atoms with van der Waals surface area (Å²) in [6.07, 6.45) is 1.12. The fourth-order valence-corrected chi connectivity index (χ4v) is 3.88. The van der Waals surface area contributed by atoms with Crippen molar-refractivity contribution in [3.63, 3.8) is 0 Å². The molecule has 19 heavy (non-hydrogen) atoms. The first kappa shape index (κ1) is 14.5. The van der Waals surface area contributed by atoms with Crippen LogP contribution in [-0.4, -0.2) is 23.5 Å². The Morgan fingerprint density at radius 2 is 2.26 bits per heavy atom. The highest BCUT2D eigenvalue weighted by atomic mass is 35.5. The van der Waals surface area contributed by atoms with Crippen LogP contribution in [0.2, 0.25) is 5.02 Å². The monoisotopic (exact) mass is 298 g/mol. The first-order valence-electron chi connectivity index (χ1n) is 6.31. The maximum atomic E-state index is 11.3. The Balaban J connectivity index is 2.11. The molecule has 1 amide bonds. The van der Waals surface area contributed by atoms with Gasteiger partial charge in [-0.2, -0.15) is 11.8 Å². The van der Waals surface area contributed by atoms with Gasteiger partial charge in [-0.25, -0.2) is 0 Å². The SMILES string of the molecule is CC1(C)CSCC(Nc2ccc(Cl)c(C(N)=O)c2)C1. The lowest BCUT2D eigenvalue weighted by atomic mass is 9.88. The number of benzene rings is 1. The van der Waals surface area contributed by atoms with Crippen LogP contribution in [-0.2, 0) is 0 Å². The molecule has 0 spiro atoms. The molecular weight excluding hydrogens is 280 g/mol. The molecule has 1 heterocycles. The largest absolute Gasteiger partial charge is 0.381 e. The predicted octanol–water partition coefficient (Wildman–Crippen LogP) is 3.38. The van der Waals surface area contributed by atoms with Crippen LogP contribution >= 0.6 is 23.4 Å². The molecule has 1 unspecified atom stereocenters. The third-order valence-electron chi connectivity index (χ3n) is 3.21. The molecule has 1 atom stereocenters. The van der Waals surface area contributed by atoms with Gasteiger partial charge < -0.3 is 11.1 Å². The first-order chi connectivity index (χ1) is 8.87. The summed E-state index contributed by atoms with van der Waals surface area (Å²) >= 11 is 7.91. The molecule has 5 heteroatoms. The van der Waals surface area contributed by atoms with Crippen molar-refractivity contribution in [2.24, 2.45) is 11.1 Å². The summed E-state index contributed by atoms with van der Waals surface area (Å²) in [5.41, 5.74) is 6.93. The van der Waals surface area contributed by atoms with Gasteiger partial charge in [-0.3, -0.25) is 4.79 Å². The Morgan fingerprint density at radius 1 is 1.53 bits per heavy atom. The van der Waals surface area contributed by atoms with E-state index in [2.05, 4.69) is 19.2 Å². The van der Waals surface area contributed by atoms with E-state index in [0.29, 0.717) is 22.0 Å². The zero-order valence-electron chi connectivity index (χ0n) is 11.2. The summed E-state index contributed by atoms with van der Waals surface area (Å²) in [4.78, 5) is 11.3. The molecule has 1 aliphatic heterocycles. The van der Waals surface area contributed by atoms with Gasteiger partial charge in [0.2, 0.25) is 5.91 Å². The molecule has 1 aromatic rings. The Kier molecular flexibility index (Phi) is 4.31. The minimum atomic E-state index is -0.494. The Labute approximate surface area is 123 Å². The fourth-order valence-electron chi connectivity index (χ4n) is 2.39. The Bertz CT molecular complexity index is 490. The number of nitrogens with one attached hydrogen (secondary N) is 1. The number of anilines is 1. The summed E-state index contributed by atoms with van der Waals surface area (Å²) in [5.74, 6) is 1.78. The molecule has 3 N–H and O–H groups in total. The highest BCUT2D eigenvalue weighted by molar-refractivity contribution is 7.99. The van der Waals surface area contributed by atoms with Crippen molar-refractivity contribution in [2.75, 3.05) is 16.8 Å². The number of primary amides is 1. The zero-order valence-corrected chi connectivity index (χ0v) is 12.8. The number of rotatable bonds is 3. The third-order valence-corrected chi connectivity index (χ3v) is 5.17.